The Balaban J connectivity index is 2.08. The number of piperidine rings is 1. The number of halogens is 1. The summed E-state index contributed by atoms with van der Waals surface area (Å²) >= 11 is 0. The molecule has 3 heteroatoms. The van der Waals surface area contributed by atoms with Crippen LogP contribution in [0.5, 0.6) is 0 Å². The van der Waals surface area contributed by atoms with Crippen molar-refractivity contribution in [2.45, 2.75) is 25.0 Å². The number of hydrogen-bond acceptors (Lipinski definition) is 2. The topological polar surface area (TPSA) is 32.3 Å². The smallest absolute Gasteiger partial charge is 0.123 e. The van der Waals surface area contributed by atoms with E-state index in [1.54, 1.807) is 12.1 Å². The normalized spacial score (nSPS) is 27.6. The van der Waals surface area contributed by atoms with E-state index in [2.05, 4.69) is 5.32 Å². The monoisotopic (exact) mass is 195 g/mol. The molecular weight excluding hydrogens is 181 g/mol. The summed E-state index contributed by atoms with van der Waals surface area (Å²) in [7, 11) is 0. The van der Waals surface area contributed by atoms with Gasteiger partial charge in [-0.15, -0.1) is 0 Å². The molecule has 14 heavy (non-hydrogen) atoms. The zero-order valence-electron chi connectivity index (χ0n) is 7.91. The van der Waals surface area contributed by atoms with Crippen molar-refractivity contribution in [3.8, 4) is 0 Å². The van der Waals surface area contributed by atoms with E-state index in [4.69, 9.17) is 0 Å². The zero-order valence-corrected chi connectivity index (χ0v) is 7.91. The van der Waals surface area contributed by atoms with Gasteiger partial charge in [0.05, 0.1) is 6.10 Å². The molecule has 2 atom stereocenters. The first-order valence-corrected chi connectivity index (χ1v) is 4.92. The molecule has 2 N–H and O–H groups in total. The summed E-state index contributed by atoms with van der Waals surface area (Å²) < 4.78 is 12.9. The van der Waals surface area contributed by atoms with Gasteiger partial charge in [0, 0.05) is 12.6 Å². The van der Waals surface area contributed by atoms with Crippen LogP contribution < -0.4 is 5.32 Å². The lowest BCUT2D eigenvalue weighted by Gasteiger charge is -2.27. The highest BCUT2D eigenvalue weighted by atomic mass is 19.1. The van der Waals surface area contributed by atoms with Crippen molar-refractivity contribution < 1.29 is 9.50 Å². The van der Waals surface area contributed by atoms with E-state index < -0.39 is 0 Å². The van der Waals surface area contributed by atoms with E-state index in [0.717, 1.165) is 18.4 Å². The Bertz CT molecular complexity index is 308. The lowest BCUT2D eigenvalue weighted by Crippen LogP contribution is -2.36. The van der Waals surface area contributed by atoms with Crippen LogP contribution in [-0.2, 0) is 0 Å². The first-order chi connectivity index (χ1) is 6.75. The molecule has 0 bridgehead atoms. The number of hydrogen-bond donors (Lipinski definition) is 2. The van der Waals surface area contributed by atoms with Gasteiger partial charge in [-0.25, -0.2) is 4.39 Å². The third-order valence-corrected chi connectivity index (χ3v) is 2.64. The second kappa shape index (κ2) is 4.07. The van der Waals surface area contributed by atoms with E-state index in [0.29, 0.717) is 6.54 Å². The maximum absolute atomic E-state index is 12.9. The van der Waals surface area contributed by atoms with Gasteiger partial charge in [-0.05, 0) is 30.5 Å². The maximum atomic E-state index is 12.9. The Labute approximate surface area is 82.8 Å². The summed E-state index contributed by atoms with van der Waals surface area (Å²) in [6.45, 7) is 0.598. The Kier molecular flexibility index (Phi) is 2.79. The number of aliphatic hydroxyl groups is 1. The average Bonchev–Trinajstić information content (AvgIpc) is 2.19. The SMILES string of the molecule is OC1CCC(c2cccc(F)c2)NC1. The van der Waals surface area contributed by atoms with E-state index in [1.807, 2.05) is 6.07 Å². The fraction of sp³-hybridized carbons (Fsp3) is 0.455. The van der Waals surface area contributed by atoms with Crippen molar-refractivity contribution in [1.82, 2.24) is 5.32 Å². The number of nitrogens with one attached hydrogen (secondary N) is 1. The van der Waals surface area contributed by atoms with Crippen molar-refractivity contribution in [3.05, 3.63) is 35.6 Å². The molecule has 1 fully saturated rings. The Morgan fingerprint density at radius 3 is 2.86 bits per heavy atom. The van der Waals surface area contributed by atoms with Crippen LogP contribution in [-0.4, -0.2) is 17.8 Å². The molecule has 1 aromatic rings. The van der Waals surface area contributed by atoms with Gasteiger partial charge in [0.1, 0.15) is 5.82 Å². The minimum Gasteiger partial charge on any atom is -0.392 e. The number of β-amino-alcohol motifs (C(OH)–C–C–N with tert-alkyl or cyclic N) is 1. The zero-order chi connectivity index (χ0) is 9.97. The Morgan fingerprint density at radius 1 is 1.36 bits per heavy atom. The molecule has 0 radical (unpaired) electrons. The van der Waals surface area contributed by atoms with Crippen molar-refractivity contribution in [2.75, 3.05) is 6.54 Å². The highest BCUT2D eigenvalue weighted by Crippen LogP contribution is 2.23. The van der Waals surface area contributed by atoms with Gasteiger partial charge in [0.15, 0.2) is 0 Å². The van der Waals surface area contributed by atoms with Crippen molar-refractivity contribution in [3.63, 3.8) is 0 Å². The Morgan fingerprint density at radius 2 is 2.21 bits per heavy atom. The highest BCUT2D eigenvalue weighted by Gasteiger charge is 2.19. The van der Waals surface area contributed by atoms with Crippen LogP contribution in [0, 0.1) is 5.82 Å². The van der Waals surface area contributed by atoms with E-state index in [9.17, 15) is 9.50 Å². The van der Waals surface area contributed by atoms with E-state index in [-0.39, 0.29) is 18.0 Å². The second-order valence-electron chi connectivity index (χ2n) is 3.75. The van der Waals surface area contributed by atoms with Gasteiger partial charge < -0.3 is 10.4 Å². The lowest BCUT2D eigenvalue weighted by molar-refractivity contribution is 0.126. The van der Waals surface area contributed by atoms with Gasteiger partial charge in [0.2, 0.25) is 0 Å². The van der Waals surface area contributed by atoms with Crippen LogP contribution in [0.3, 0.4) is 0 Å². The first kappa shape index (κ1) is 9.62. The van der Waals surface area contributed by atoms with Gasteiger partial charge >= 0.3 is 0 Å². The average molecular weight is 195 g/mol. The van der Waals surface area contributed by atoms with Crippen molar-refractivity contribution >= 4 is 0 Å². The van der Waals surface area contributed by atoms with Gasteiger partial charge in [-0.3, -0.25) is 0 Å². The molecule has 1 saturated heterocycles. The minimum atomic E-state index is -0.250. The van der Waals surface area contributed by atoms with Gasteiger partial charge in [-0.2, -0.15) is 0 Å². The maximum Gasteiger partial charge on any atom is 0.123 e. The molecule has 0 spiro atoms. The van der Waals surface area contributed by atoms with Gasteiger partial charge in [0.25, 0.3) is 0 Å². The van der Waals surface area contributed by atoms with E-state index in [1.165, 1.54) is 6.07 Å². The summed E-state index contributed by atoms with van der Waals surface area (Å²) in [5, 5.41) is 12.5. The molecule has 1 heterocycles. The predicted molar refractivity (Wildman–Crippen MR) is 52.4 cm³/mol. The summed E-state index contributed by atoms with van der Waals surface area (Å²) in [6, 6.07) is 6.82. The molecule has 1 aliphatic rings. The largest absolute Gasteiger partial charge is 0.392 e. The molecule has 0 amide bonds. The summed E-state index contributed by atoms with van der Waals surface area (Å²) in [4.78, 5) is 0. The van der Waals surface area contributed by atoms with Crippen LogP contribution in [0.2, 0.25) is 0 Å². The fourth-order valence-electron chi connectivity index (χ4n) is 1.85. The quantitative estimate of drug-likeness (QED) is 0.713. The molecule has 0 saturated carbocycles. The molecular formula is C11H14FNO. The van der Waals surface area contributed by atoms with Crippen LogP contribution >= 0.6 is 0 Å². The molecule has 2 rings (SSSR count). The highest BCUT2D eigenvalue weighted by molar-refractivity contribution is 5.20. The van der Waals surface area contributed by atoms with Crippen LogP contribution in [0.25, 0.3) is 0 Å². The predicted octanol–water partition coefficient (Wildman–Crippen LogP) is 1.61. The van der Waals surface area contributed by atoms with Crippen molar-refractivity contribution in [2.24, 2.45) is 0 Å². The van der Waals surface area contributed by atoms with Crippen molar-refractivity contribution in [1.29, 1.82) is 0 Å². The summed E-state index contributed by atoms with van der Waals surface area (Å²) in [5.74, 6) is -0.199. The minimum absolute atomic E-state index is 0.189. The Hall–Kier alpha value is -0.930. The molecule has 0 aliphatic carbocycles. The standard InChI is InChI=1S/C11H14FNO/c12-9-3-1-2-8(6-9)11-5-4-10(14)7-13-11/h1-3,6,10-11,13-14H,4-5,7H2. The number of aliphatic hydroxyl groups excluding tert-OH is 1. The molecule has 2 nitrogen and oxygen atoms in total. The van der Waals surface area contributed by atoms with Crippen LogP contribution in [0.15, 0.2) is 24.3 Å². The van der Waals surface area contributed by atoms with E-state index >= 15 is 0 Å². The second-order valence-corrected chi connectivity index (χ2v) is 3.75. The summed E-state index contributed by atoms with van der Waals surface area (Å²) in [6.07, 6.45) is 1.40. The summed E-state index contributed by atoms with van der Waals surface area (Å²) in [5.41, 5.74) is 0.969. The number of benzene rings is 1. The molecule has 76 valence electrons. The fourth-order valence-corrected chi connectivity index (χ4v) is 1.85. The lowest BCUT2D eigenvalue weighted by atomic mass is 9.96. The third-order valence-electron chi connectivity index (χ3n) is 2.64. The first-order valence-electron chi connectivity index (χ1n) is 4.92. The molecule has 1 aromatic carbocycles. The molecule has 2 unspecified atom stereocenters. The molecule has 0 aromatic heterocycles. The van der Waals surface area contributed by atoms with Crippen LogP contribution in [0.1, 0.15) is 24.4 Å². The third kappa shape index (κ3) is 2.11. The van der Waals surface area contributed by atoms with Crippen LogP contribution in [0.4, 0.5) is 4.39 Å². The van der Waals surface area contributed by atoms with Gasteiger partial charge in [-0.1, -0.05) is 12.1 Å². The number of rotatable bonds is 1. The molecule has 1 aliphatic heterocycles.